The Morgan fingerprint density at radius 1 is 1.24 bits per heavy atom. The van der Waals surface area contributed by atoms with Gasteiger partial charge in [0.15, 0.2) is 0 Å². The topological polar surface area (TPSA) is 64.7 Å². The van der Waals surface area contributed by atoms with Crippen LogP contribution < -0.4 is 5.32 Å². The Hall–Kier alpha value is -2.89. The molecule has 0 aliphatic heterocycles. The first-order chi connectivity index (χ1) is 12.1. The fourth-order valence-corrected chi connectivity index (χ4v) is 2.83. The number of hydrogen-bond donors (Lipinski definition) is 1. The molecule has 25 heavy (non-hydrogen) atoms. The van der Waals surface area contributed by atoms with Crippen molar-refractivity contribution in [1.29, 1.82) is 0 Å². The number of amides is 1. The molecule has 3 rings (SSSR count). The molecular formula is C19H23N5O. The van der Waals surface area contributed by atoms with Crippen molar-refractivity contribution in [2.45, 2.75) is 40.3 Å². The summed E-state index contributed by atoms with van der Waals surface area (Å²) in [4.78, 5) is 16.9. The van der Waals surface area contributed by atoms with Gasteiger partial charge in [0.05, 0.1) is 18.3 Å². The third-order valence-electron chi connectivity index (χ3n) is 4.31. The number of nitrogens with one attached hydrogen (secondary N) is 1. The van der Waals surface area contributed by atoms with Gasteiger partial charge in [0.2, 0.25) is 0 Å². The molecule has 0 bridgehead atoms. The number of aryl methyl sites for hydroxylation is 2. The molecule has 130 valence electrons. The monoisotopic (exact) mass is 337 g/mol. The van der Waals surface area contributed by atoms with Crippen LogP contribution in [-0.4, -0.2) is 25.2 Å². The molecular weight excluding hydrogens is 314 g/mol. The van der Waals surface area contributed by atoms with Crippen LogP contribution in [0.5, 0.6) is 0 Å². The maximum atomic E-state index is 12.7. The van der Waals surface area contributed by atoms with Gasteiger partial charge in [0, 0.05) is 30.3 Å². The summed E-state index contributed by atoms with van der Waals surface area (Å²) in [5, 5.41) is 7.34. The third-order valence-corrected chi connectivity index (χ3v) is 4.31. The van der Waals surface area contributed by atoms with Crippen molar-refractivity contribution in [3.05, 3.63) is 65.5 Å². The molecule has 2 heterocycles. The highest BCUT2D eigenvalue weighted by Gasteiger charge is 2.15. The molecule has 1 amide bonds. The third kappa shape index (κ3) is 3.63. The van der Waals surface area contributed by atoms with E-state index in [2.05, 4.69) is 26.9 Å². The van der Waals surface area contributed by atoms with Crippen molar-refractivity contribution in [2.75, 3.05) is 5.32 Å². The lowest BCUT2D eigenvalue weighted by molar-refractivity contribution is 0.102. The van der Waals surface area contributed by atoms with E-state index in [0.717, 1.165) is 35.7 Å². The van der Waals surface area contributed by atoms with Crippen molar-refractivity contribution in [1.82, 2.24) is 19.3 Å². The smallest absolute Gasteiger partial charge is 0.259 e. The Morgan fingerprint density at radius 2 is 2.04 bits per heavy atom. The Bertz CT molecular complexity index is 878. The number of carbonyl (C=O) groups is 1. The van der Waals surface area contributed by atoms with Crippen LogP contribution in [0.2, 0.25) is 0 Å². The fraction of sp³-hybridized carbons (Fsp3) is 0.316. The second-order valence-electron chi connectivity index (χ2n) is 6.08. The second kappa shape index (κ2) is 7.34. The molecule has 1 aromatic carbocycles. The minimum absolute atomic E-state index is 0.130. The molecule has 0 unspecified atom stereocenters. The van der Waals surface area contributed by atoms with Crippen LogP contribution in [0.3, 0.4) is 0 Å². The molecule has 6 nitrogen and oxygen atoms in total. The standard InChI is InChI=1S/C19H23N5O/c1-4-10-24-14(2)17(12-21-24)19(25)22-18-8-6-5-7-16(18)13-23-11-9-20-15(23)3/h5-9,11-12H,4,10,13H2,1-3H3,(H,22,25). The van der Waals surface area contributed by atoms with Gasteiger partial charge in [-0.15, -0.1) is 0 Å². The second-order valence-corrected chi connectivity index (χ2v) is 6.08. The van der Waals surface area contributed by atoms with Crippen LogP contribution in [0, 0.1) is 13.8 Å². The van der Waals surface area contributed by atoms with Gasteiger partial charge in [-0.3, -0.25) is 9.48 Å². The minimum Gasteiger partial charge on any atom is -0.331 e. The lowest BCUT2D eigenvalue weighted by atomic mass is 10.1. The van der Waals surface area contributed by atoms with E-state index in [9.17, 15) is 4.79 Å². The Kier molecular flexibility index (Phi) is 4.97. The molecule has 6 heteroatoms. The predicted octanol–water partition coefficient (Wildman–Crippen LogP) is 3.41. The quantitative estimate of drug-likeness (QED) is 0.750. The summed E-state index contributed by atoms with van der Waals surface area (Å²) < 4.78 is 3.92. The van der Waals surface area contributed by atoms with E-state index in [1.165, 1.54) is 0 Å². The van der Waals surface area contributed by atoms with Crippen molar-refractivity contribution in [2.24, 2.45) is 0 Å². The highest BCUT2D eigenvalue weighted by atomic mass is 16.1. The van der Waals surface area contributed by atoms with Gasteiger partial charge in [0.1, 0.15) is 5.82 Å². The molecule has 2 aromatic heterocycles. The number of carbonyl (C=O) groups excluding carboxylic acids is 1. The number of para-hydroxylation sites is 1. The highest BCUT2D eigenvalue weighted by Crippen LogP contribution is 2.19. The van der Waals surface area contributed by atoms with E-state index >= 15 is 0 Å². The average Bonchev–Trinajstić information content (AvgIpc) is 3.16. The van der Waals surface area contributed by atoms with Crippen LogP contribution in [-0.2, 0) is 13.1 Å². The van der Waals surface area contributed by atoms with Crippen molar-refractivity contribution >= 4 is 11.6 Å². The van der Waals surface area contributed by atoms with Gasteiger partial charge in [-0.2, -0.15) is 5.10 Å². The van der Waals surface area contributed by atoms with Gasteiger partial charge in [-0.25, -0.2) is 4.98 Å². The fourth-order valence-electron chi connectivity index (χ4n) is 2.83. The van der Waals surface area contributed by atoms with E-state index in [0.29, 0.717) is 12.1 Å². The number of imidazole rings is 1. The number of hydrogen-bond acceptors (Lipinski definition) is 3. The number of aromatic nitrogens is 4. The van der Waals surface area contributed by atoms with Crippen LogP contribution in [0.4, 0.5) is 5.69 Å². The molecule has 0 aliphatic rings. The van der Waals surface area contributed by atoms with E-state index in [1.807, 2.05) is 49.0 Å². The summed E-state index contributed by atoms with van der Waals surface area (Å²) >= 11 is 0. The van der Waals surface area contributed by atoms with Crippen LogP contribution in [0.25, 0.3) is 0 Å². The van der Waals surface area contributed by atoms with Crippen LogP contribution in [0.15, 0.2) is 42.9 Å². The maximum absolute atomic E-state index is 12.7. The lowest BCUT2D eigenvalue weighted by Gasteiger charge is -2.12. The first-order valence-electron chi connectivity index (χ1n) is 8.49. The summed E-state index contributed by atoms with van der Waals surface area (Å²) in [6, 6.07) is 7.84. The summed E-state index contributed by atoms with van der Waals surface area (Å²) in [5.74, 6) is 0.812. The SMILES string of the molecule is CCCn1ncc(C(=O)Nc2ccccc2Cn2ccnc2C)c1C. The molecule has 0 saturated heterocycles. The molecule has 1 N–H and O–H groups in total. The Labute approximate surface area is 147 Å². The average molecular weight is 337 g/mol. The first-order valence-corrected chi connectivity index (χ1v) is 8.49. The summed E-state index contributed by atoms with van der Waals surface area (Å²) in [7, 11) is 0. The van der Waals surface area contributed by atoms with Gasteiger partial charge in [0.25, 0.3) is 5.91 Å². The Morgan fingerprint density at radius 3 is 2.76 bits per heavy atom. The number of nitrogens with zero attached hydrogens (tertiary/aromatic N) is 4. The van der Waals surface area contributed by atoms with Gasteiger partial charge in [-0.05, 0) is 31.9 Å². The molecule has 0 aliphatic carbocycles. The summed E-state index contributed by atoms with van der Waals surface area (Å²) in [6.45, 7) is 7.46. The number of rotatable bonds is 6. The van der Waals surface area contributed by atoms with Crippen molar-refractivity contribution in [3.8, 4) is 0 Å². The molecule has 0 saturated carbocycles. The van der Waals surface area contributed by atoms with Crippen molar-refractivity contribution < 1.29 is 4.79 Å². The Balaban J connectivity index is 1.81. The zero-order chi connectivity index (χ0) is 17.8. The molecule has 3 aromatic rings. The highest BCUT2D eigenvalue weighted by molar-refractivity contribution is 6.05. The minimum atomic E-state index is -0.130. The normalized spacial score (nSPS) is 10.8. The van der Waals surface area contributed by atoms with E-state index in [-0.39, 0.29) is 5.91 Å². The van der Waals surface area contributed by atoms with Gasteiger partial charge in [-0.1, -0.05) is 25.1 Å². The lowest BCUT2D eigenvalue weighted by Crippen LogP contribution is -2.15. The van der Waals surface area contributed by atoms with Crippen LogP contribution >= 0.6 is 0 Å². The number of anilines is 1. The van der Waals surface area contributed by atoms with E-state index < -0.39 is 0 Å². The largest absolute Gasteiger partial charge is 0.331 e. The number of benzene rings is 1. The van der Waals surface area contributed by atoms with E-state index in [1.54, 1.807) is 12.4 Å². The zero-order valence-electron chi connectivity index (χ0n) is 14.9. The van der Waals surface area contributed by atoms with Gasteiger partial charge >= 0.3 is 0 Å². The van der Waals surface area contributed by atoms with Crippen molar-refractivity contribution in [3.63, 3.8) is 0 Å². The molecule has 0 radical (unpaired) electrons. The summed E-state index contributed by atoms with van der Waals surface area (Å²) in [5.41, 5.74) is 3.35. The molecule has 0 fully saturated rings. The molecule has 0 atom stereocenters. The zero-order valence-corrected chi connectivity index (χ0v) is 14.9. The van der Waals surface area contributed by atoms with Gasteiger partial charge < -0.3 is 9.88 Å². The molecule has 0 spiro atoms. The summed E-state index contributed by atoms with van der Waals surface area (Å²) in [6.07, 6.45) is 6.34. The van der Waals surface area contributed by atoms with Crippen LogP contribution in [0.1, 0.15) is 40.8 Å². The maximum Gasteiger partial charge on any atom is 0.259 e. The first kappa shape index (κ1) is 17.0. The predicted molar refractivity (Wildman–Crippen MR) is 97.7 cm³/mol. The van der Waals surface area contributed by atoms with E-state index in [4.69, 9.17) is 0 Å².